The second-order valence-corrected chi connectivity index (χ2v) is 5.40. The highest BCUT2D eigenvalue weighted by Gasteiger charge is 2.23. The lowest BCUT2D eigenvalue weighted by Gasteiger charge is -2.11. The minimum atomic E-state index is -0.0634. The van der Waals surface area contributed by atoms with Gasteiger partial charge in [0.15, 0.2) is 4.77 Å². The molecule has 110 valence electrons. The number of benzene rings is 1. The molecule has 0 spiro atoms. The number of H-pyrrole nitrogens is 1. The quantitative estimate of drug-likeness (QED) is 0.853. The molecular formula is C14H16N4O2S. The van der Waals surface area contributed by atoms with E-state index < -0.39 is 0 Å². The van der Waals surface area contributed by atoms with Crippen molar-refractivity contribution >= 4 is 23.8 Å². The summed E-state index contributed by atoms with van der Waals surface area (Å²) in [5.41, 5.74) is 1.61. The number of anilines is 1. The van der Waals surface area contributed by atoms with E-state index in [0.29, 0.717) is 18.0 Å². The van der Waals surface area contributed by atoms with Crippen LogP contribution >= 0.6 is 12.2 Å². The molecule has 0 bridgehead atoms. The number of ether oxygens (including phenoxy) is 1. The molecule has 1 saturated heterocycles. The van der Waals surface area contributed by atoms with Crippen LogP contribution in [-0.2, 0) is 9.53 Å². The molecule has 0 saturated carbocycles. The zero-order chi connectivity index (χ0) is 14.8. The van der Waals surface area contributed by atoms with Gasteiger partial charge in [-0.3, -0.25) is 14.5 Å². The lowest BCUT2D eigenvalue weighted by Crippen LogP contribution is -2.22. The smallest absolute Gasteiger partial charge is 0.229 e. The number of nitrogens with zero attached hydrogens (tertiary/aromatic N) is 2. The monoisotopic (exact) mass is 304 g/mol. The second-order valence-electron chi connectivity index (χ2n) is 5.01. The number of carbonyl (C=O) groups excluding carboxylic acids is 1. The number of rotatable bonds is 3. The summed E-state index contributed by atoms with van der Waals surface area (Å²) in [5.74, 6) is 0.705. The summed E-state index contributed by atoms with van der Waals surface area (Å²) in [6.45, 7) is 3.02. The fourth-order valence-electron chi connectivity index (χ4n) is 2.39. The Hall–Kier alpha value is -1.99. The first-order valence-electron chi connectivity index (χ1n) is 6.78. The third-order valence-corrected chi connectivity index (χ3v) is 3.79. The topological polar surface area (TPSA) is 71.9 Å². The van der Waals surface area contributed by atoms with Crippen LogP contribution in [0.4, 0.5) is 5.69 Å². The van der Waals surface area contributed by atoms with E-state index in [9.17, 15) is 4.79 Å². The molecule has 1 aliphatic rings. The third-order valence-electron chi connectivity index (χ3n) is 3.51. The normalized spacial score (nSPS) is 17.9. The Morgan fingerprint density at radius 2 is 2.43 bits per heavy atom. The fourth-order valence-corrected chi connectivity index (χ4v) is 2.67. The molecule has 1 fully saturated rings. The molecule has 0 radical (unpaired) electrons. The summed E-state index contributed by atoms with van der Waals surface area (Å²) in [5, 5.41) is 9.77. The molecule has 1 aromatic carbocycles. The number of hydrogen-bond donors (Lipinski definition) is 2. The van der Waals surface area contributed by atoms with Gasteiger partial charge in [-0.05, 0) is 43.8 Å². The van der Waals surface area contributed by atoms with Crippen LogP contribution in [0.1, 0.15) is 12.2 Å². The zero-order valence-corrected chi connectivity index (χ0v) is 12.4. The molecule has 7 heteroatoms. The molecule has 3 rings (SSSR count). The molecule has 1 amide bonds. The Morgan fingerprint density at radius 1 is 1.57 bits per heavy atom. The number of aromatic amines is 1. The van der Waals surface area contributed by atoms with Crippen molar-refractivity contribution in [3.05, 3.63) is 34.9 Å². The van der Waals surface area contributed by atoms with Crippen LogP contribution in [0, 0.1) is 17.6 Å². The molecule has 1 aromatic heterocycles. The first-order valence-corrected chi connectivity index (χ1v) is 7.19. The van der Waals surface area contributed by atoms with Gasteiger partial charge in [-0.1, -0.05) is 6.07 Å². The molecule has 1 atom stereocenters. The predicted molar refractivity (Wildman–Crippen MR) is 81.0 cm³/mol. The summed E-state index contributed by atoms with van der Waals surface area (Å²) in [6.07, 6.45) is 0.775. The largest absolute Gasteiger partial charge is 0.381 e. The number of amides is 1. The van der Waals surface area contributed by atoms with E-state index in [2.05, 4.69) is 15.5 Å². The fraction of sp³-hybridized carbons (Fsp3) is 0.357. The molecular weight excluding hydrogens is 288 g/mol. The molecule has 1 unspecified atom stereocenters. The second kappa shape index (κ2) is 5.79. The van der Waals surface area contributed by atoms with Gasteiger partial charge in [0.05, 0.1) is 18.2 Å². The van der Waals surface area contributed by atoms with Crippen LogP contribution in [0.25, 0.3) is 5.69 Å². The van der Waals surface area contributed by atoms with Crippen LogP contribution in [0.5, 0.6) is 0 Å². The number of aryl methyl sites for hydroxylation is 1. The lowest BCUT2D eigenvalue weighted by atomic mass is 10.1. The molecule has 0 aliphatic carbocycles. The highest BCUT2D eigenvalue weighted by atomic mass is 32.1. The van der Waals surface area contributed by atoms with E-state index >= 15 is 0 Å². The molecule has 2 aromatic rings. The van der Waals surface area contributed by atoms with E-state index in [4.69, 9.17) is 17.0 Å². The van der Waals surface area contributed by atoms with Crippen LogP contribution in [0.3, 0.4) is 0 Å². The summed E-state index contributed by atoms with van der Waals surface area (Å²) in [7, 11) is 0. The van der Waals surface area contributed by atoms with Gasteiger partial charge in [-0.25, -0.2) is 0 Å². The Bertz CT molecular complexity index is 716. The molecule has 2 N–H and O–H groups in total. The van der Waals surface area contributed by atoms with Gasteiger partial charge in [-0.15, -0.1) is 0 Å². The Balaban J connectivity index is 1.83. The van der Waals surface area contributed by atoms with Crippen molar-refractivity contribution in [3.8, 4) is 5.69 Å². The van der Waals surface area contributed by atoms with Gasteiger partial charge in [-0.2, -0.15) is 5.10 Å². The molecule has 2 heterocycles. The molecule has 1 aliphatic heterocycles. The maximum Gasteiger partial charge on any atom is 0.229 e. The van der Waals surface area contributed by atoms with Crippen LogP contribution in [0.15, 0.2) is 24.3 Å². The average molecular weight is 304 g/mol. The summed E-state index contributed by atoms with van der Waals surface area (Å²) in [6, 6.07) is 7.54. The Labute approximate surface area is 127 Å². The summed E-state index contributed by atoms with van der Waals surface area (Å²) < 4.78 is 7.59. The number of hydrogen-bond acceptors (Lipinski definition) is 4. The zero-order valence-electron chi connectivity index (χ0n) is 11.6. The van der Waals surface area contributed by atoms with Gasteiger partial charge in [0.2, 0.25) is 5.91 Å². The van der Waals surface area contributed by atoms with Crippen molar-refractivity contribution in [2.45, 2.75) is 13.3 Å². The van der Waals surface area contributed by atoms with Crippen LogP contribution in [-0.4, -0.2) is 33.9 Å². The molecule has 6 nitrogen and oxygen atoms in total. The van der Waals surface area contributed by atoms with Crippen LogP contribution in [0.2, 0.25) is 0 Å². The minimum absolute atomic E-state index is 0.00263. The Morgan fingerprint density at radius 3 is 3.10 bits per heavy atom. The van der Waals surface area contributed by atoms with Gasteiger partial charge in [0, 0.05) is 12.3 Å². The van der Waals surface area contributed by atoms with Gasteiger partial charge >= 0.3 is 0 Å². The van der Waals surface area contributed by atoms with E-state index in [1.807, 2.05) is 35.8 Å². The number of carbonyl (C=O) groups is 1. The first-order chi connectivity index (χ1) is 10.1. The lowest BCUT2D eigenvalue weighted by molar-refractivity contribution is -0.119. The first kappa shape index (κ1) is 14.0. The van der Waals surface area contributed by atoms with Crippen molar-refractivity contribution in [1.29, 1.82) is 0 Å². The predicted octanol–water partition coefficient (Wildman–Crippen LogP) is 2.21. The number of aromatic nitrogens is 3. The summed E-state index contributed by atoms with van der Waals surface area (Å²) >= 11 is 5.21. The average Bonchev–Trinajstić information content (AvgIpc) is 3.09. The minimum Gasteiger partial charge on any atom is -0.381 e. The maximum atomic E-state index is 12.1. The highest BCUT2D eigenvalue weighted by Crippen LogP contribution is 2.19. The Kier molecular flexibility index (Phi) is 3.85. The van der Waals surface area contributed by atoms with Crippen molar-refractivity contribution < 1.29 is 9.53 Å². The van der Waals surface area contributed by atoms with Crippen LogP contribution < -0.4 is 5.32 Å². The van der Waals surface area contributed by atoms with E-state index in [1.165, 1.54) is 0 Å². The van der Waals surface area contributed by atoms with E-state index in [-0.39, 0.29) is 11.8 Å². The molecule has 21 heavy (non-hydrogen) atoms. The third kappa shape index (κ3) is 2.88. The van der Waals surface area contributed by atoms with Crippen molar-refractivity contribution in [3.63, 3.8) is 0 Å². The van der Waals surface area contributed by atoms with E-state index in [1.54, 1.807) is 0 Å². The van der Waals surface area contributed by atoms with Gasteiger partial charge in [0.1, 0.15) is 5.82 Å². The number of nitrogens with one attached hydrogen (secondary N) is 2. The van der Waals surface area contributed by atoms with E-state index in [0.717, 1.165) is 23.6 Å². The van der Waals surface area contributed by atoms with Gasteiger partial charge in [0.25, 0.3) is 0 Å². The van der Waals surface area contributed by atoms with Crippen molar-refractivity contribution in [1.82, 2.24) is 14.8 Å². The van der Waals surface area contributed by atoms with Crippen molar-refractivity contribution in [2.75, 3.05) is 18.5 Å². The van der Waals surface area contributed by atoms with Crippen molar-refractivity contribution in [2.24, 2.45) is 5.92 Å². The highest BCUT2D eigenvalue weighted by molar-refractivity contribution is 7.71. The summed E-state index contributed by atoms with van der Waals surface area (Å²) in [4.78, 5) is 12.1. The standard InChI is InChI=1S/C14H16N4O2S/c1-9-16-17-14(21)18(9)12-4-2-3-11(7-12)15-13(19)10-5-6-20-8-10/h2-4,7,10H,5-6,8H2,1H3,(H,15,19)(H,17,21). The SMILES string of the molecule is Cc1n[nH]c(=S)n1-c1cccc(NC(=O)C2CCOC2)c1. The maximum absolute atomic E-state index is 12.1. The van der Waals surface area contributed by atoms with Gasteiger partial charge < -0.3 is 10.1 Å².